The van der Waals surface area contributed by atoms with Gasteiger partial charge in [-0.2, -0.15) is 0 Å². The SMILES string of the molecule is CCCCCCCCCCCC[N+](C)(C)CCOCCCl.[Cl-]. The standard InChI is InChI=1S/C18H39ClNO.ClH/c1-4-5-6-7-8-9-10-11-12-13-15-20(2,3)16-18-21-17-14-19;/h4-18H2,1-3H3;1H/q+1;/p-1. The normalized spacial score (nSPS) is 11.5. The second-order valence-electron chi connectivity index (χ2n) is 6.87. The fourth-order valence-corrected chi connectivity index (χ4v) is 2.72. The van der Waals surface area contributed by atoms with Gasteiger partial charge in [0.1, 0.15) is 6.54 Å². The number of rotatable bonds is 16. The molecule has 0 amide bonds. The lowest BCUT2D eigenvalue weighted by Crippen LogP contribution is -3.00. The van der Waals surface area contributed by atoms with Crippen molar-refractivity contribution >= 4 is 11.6 Å². The minimum atomic E-state index is 0. The molecule has 0 saturated carbocycles. The van der Waals surface area contributed by atoms with Gasteiger partial charge in [0.05, 0.1) is 33.9 Å². The van der Waals surface area contributed by atoms with Gasteiger partial charge in [-0.25, -0.2) is 0 Å². The summed E-state index contributed by atoms with van der Waals surface area (Å²) in [5.41, 5.74) is 0. The van der Waals surface area contributed by atoms with Gasteiger partial charge in [0.15, 0.2) is 0 Å². The Bertz CT molecular complexity index is 213. The molecule has 0 saturated heterocycles. The van der Waals surface area contributed by atoms with E-state index in [1.807, 2.05) is 0 Å². The van der Waals surface area contributed by atoms with Gasteiger partial charge in [-0.05, 0) is 12.8 Å². The summed E-state index contributed by atoms with van der Waals surface area (Å²) in [5.74, 6) is 0.603. The van der Waals surface area contributed by atoms with E-state index in [9.17, 15) is 0 Å². The molecular formula is C18H39Cl2NO. The molecule has 0 spiro atoms. The van der Waals surface area contributed by atoms with Crippen molar-refractivity contribution in [2.45, 2.75) is 71.1 Å². The molecule has 136 valence electrons. The first-order chi connectivity index (χ1) is 10.1. The maximum atomic E-state index is 5.60. The largest absolute Gasteiger partial charge is 1.00 e. The zero-order valence-electron chi connectivity index (χ0n) is 15.2. The Balaban J connectivity index is 0. The second kappa shape index (κ2) is 17.8. The van der Waals surface area contributed by atoms with Crippen LogP contribution in [-0.2, 0) is 4.74 Å². The third-order valence-electron chi connectivity index (χ3n) is 4.18. The number of unbranched alkanes of at least 4 members (excludes halogenated alkanes) is 9. The van der Waals surface area contributed by atoms with Gasteiger partial charge < -0.3 is 21.6 Å². The lowest BCUT2D eigenvalue weighted by Gasteiger charge is -2.29. The Morgan fingerprint density at radius 3 is 1.73 bits per heavy atom. The van der Waals surface area contributed by atoms with Crippen molar-refractivity contribution in [3.05, 3.63) is 0 Å². The molecule has 0 unspecified atom stereocenters. The van der Waals surface area contributed by atoms with Crippen molar-refractivity contribution in [3.8, 4) is 0 Å². The highest BCUT2D eigenvalue weighted by atomic mass is 35.5. The first-order valence-electron chi connectivity index (χ1n) is 9.08. The molecule has 0 fully saturated rings. The molecule has 0 aromatic rings. The topological polar surface area (TPSA) is 9.23 Å². The third-order valence-corrected chi connectivity index (χ3v) is 4.33. The van der Waals surface area contributed by atoms with Gasteiger partial charge in [0.2, 0.25) is 0 Å². The summed E-state index contributed by atoms with van der Waals surface area (Å²) in [5, 5.41) is 0. The van der Waals surface area contributed by atoms with E-state index in [-0.39, 0.29) is 12.4 Å². The summed E-state index contributed by atoms with van der Waals surface area (Å²) < 4.78 is 6.54. The highest BCUT2D eigenvalue weighted by molar-refractivity contribution is 6.17. The predicted octanol–water partition coefficient (Wildman–Crippen LogP) is 2.24. The quantitative estimate of drug-likeness (QED) is 0.234. The molecule has 0 atom stereocenters. The Morgan fingerprint density at radius 1 is 0.727 bits per heavy atom. The van der Waals surface area contributed by atoms with Crippen LogP contribution < -0.4 is 12.4 Å². The Kier molecular flexibility index (Phi) is 20.1. The summed E-state index contributed by atoms with van der Waals surface area (Å²) in [7, 11) is 4.61. The molecule has 0 heterocycles. The average molecular weight is 356 g/mol. The number of nitrogens with zero attached hydrogens (tertiary/aromatic N) is 1. The Hall–Kier alpha value is 0.500. The molecule has 0 rings (SSSR count). The molecule has 0 aliphatic heterocycles. The maximum Gasteiger partial charge on any atom is 0.102 e. The summed E-state index contributed by atoms with van der Waals surface area (Å²) in [6.45, 7) is 6.15. The molecule has 0 aliphatic rings. The number of ether oxygens (including phenoxy) is 1. The van der Waals surface area contributed by atoms with Crippen LogP contribution in [0.5, 0.6) is 0 Å². The molecule has 2 nitrogen and oxygen atoms in total. The fraction of sp³-hybridized carbons (Fsp3) is 1.00. The first kappa shape index (κ1) is 24.7. The van der Waals surface area contributed by atoms with Gasteiger partial charge in [0, 0.05) is 5.88 Å². The molecule has 22 heavy (non-hydrogen) atoms. The van der Waals surface area contributed by atoms with E-state index in [4.69, 9.17) is 16.3 Å². The summed E-state index contributed by atoms with van der Waals surface area (Å²) in [4.78, 5) is 0. The molecule has 0 radical (unpaired) electrons. The molecule has 0 aromatic heterocycles. The van der Waals surface area contributed by atoms with Crippen molar-refractivity contribution in [3.63, 3.8) is 0 Å². The molecule has 0 bridgehead atoms. The van der Waals surface area contributed by atoms with Gasteiger partial charge in [-0.3, -0.25) is 0 Å². The predicted molar refractivity (Wildman–Crippen MR) is 95.2 cm³/mol. The average Bonchev–Trinajstić information content (AvgIpc) is 2.45. The van der Waals surface area contributed by atoms with Crippen LogP contribution in [0, 0.1) is 0 Å². The van der Waals surface area contributed by atoms with Crippen molar-refractivity contribution in [2.24, 2.45) is 0 Å². The molecular weight excluding hydrogens is 317 g/mol. The van der Waals surface area contributed by atoms with Crippen LogP contribution in [0.4, 0.5) is 0 Å². The number of halogens is 2. The van der Waals surface area contributed by atoms with Gasteiger partial charge in [-0.15, -0.1) is 11.6 Å². The summed E-state index contributed by atoms with van der Waals surface area (Å²) in [6.07, 6.45) is 14.1. The van der Waals surface area contributed by atoms with E-state index in [0.29, 0.717) is 12.5 Å². The minimum absolute atomic E-state index is 0. The molecule has 0 aromatic carbocycles. The van der Waals surface area contributed by atoms with Crippen LogP contribution in [0.3, 0.4) is 0 Å². The number of hydrogen-bond acceptors (Lipinski definition) is 1. The van der Waals surface area contributed by atoms with Gasteiger partial charge >= 0.3 is 0 Å². The van der Waals surface area contributed by atoms with E-state index in [2.05, 4.69) is 21.0 Å². The van der Waals surface area contributed by atoms with Crippen LogP contribution in [0.25, 0.3) is 0 Å². The smallest absolute Gasteiger partial charge is 0.102 e. The van der Waals surface area contributed by atoms with Crippen molar-refractivity contribution in [2.75, 3.05) is 46.3 Å². The van der Waals surface area contributed by atoms with E-state index in [0.717, 1.165) is 17.6 Å². The molecule has 4 heteroatoms. The minimum Gasteiger partial charge on any atom is -1.00 e. The number of likely N-dealkylation sites (N-methyl/N-ethyl adjacent to an activating group) is 1. The van der Waals surface area contributed by atoms with Crippen LogP contribution >= 0.6 is 11.6 Å². The van der Waals surface area contributed by atoms with Crippen LogP contribution in [0.15, 0.2) is 0 Å². The van der Waals surface area contributed by atoms with Crippen LogP contribution in [0.2, 0.25) is 0 Å². The zero-order valence-corrected chi connectivity index (χ0v) is 16.7. The van der Waals surface area contributed by atoms with Crippen molar-refractivity contribution in [1.29, 1.82) is 0 Å². The summed E-state index contributed by atoms with van der Waals surface area (Å²) >= 11 is 5.60. The zero-order chi connectivity index (χ0) is 15.8. The van der Waals surface area contributed by atoms with Crippen molar-refractivity contribution in [1.82, 2.24) is 0 Å². The number of hydrogen-bond donors (Lipinski definition) is 0. The Labute approximate surface area is 150 Å². The maximum absolute atomic E-state index is 5.60. The first-order valence-corrected chi connectivity index (χ1v) is 9.61. The molecule has 0 aliphatic carbocycles. The highest BCUT2D eigenvalue weighted by Crippen LogP contribution is 2.11. The fourth-order valence-electron chi connectivity index (χ4n) is 2.61. The number of alkyl halides is 1. The third kappa shape index (κ3) is 18.5. The summed E-state index contributed by atoms with van der Waals surface area (Å²) in [6, 6.07) is 0. The van der Waals surface area contributed by atoms with Crippen LogP contribution in [-0.4, -0.2) is 50.8 Å². The number of quaternary nitrogens is 1. The van der Waals surface area contributed by atoms with E-state index >= 15 is 0 Å². The second-order valence-corrected chi connectivity index (χ2v) is 7.24. The molecule has 0 N–H and O–H groups in total. The van der Waals surface area contributed by atoms with Gasteiger partial charge in [-0.1, -0.05) is 58.3 Å². The van der Waals surface area contributed by atoms with Crippen LogP contribution in [0.1, 0.15) is 71.1 Å². The lowest BCUT2D eigenvalue weighted by atomic mass is 10.1. The Morgan fingerprint density at radius 2 is 1.23 bits per heavy atom. The van der Waals surface area contributed by atoms with Crippen molar-refractivity contribution < 1.29 is 21.6 Å². The highest BCUT2D eigenvalue weighted by Gasteiger charge is 2.13. The lowest BCUT2D eigenvalue weighted by molar-refractivity contribution is -0.890. The van der Waals surface area contributed by atoms with Gasteiger partial charge in [0.25, 0.3) is 0 Å². The van der Waals surface area contributed by atoms with E-state index in [1.165, 1.54) is 70.8 Å². The van der Waals surface area contributed by atoms with E-state index in [1.54, 1.807) is 0 Å². The monoisotopic (exact) mass is 355 g/mol. The van der Waals surface area contributed by atoms with E-state index < -0.39 is 0 Å².